The normalized spacial score (nSPS) is 11.0. The molecular weight excluding hydrogens is 217 g/mol. The average molecular weight is 235 g/mol. The SMILES string of the molecule is CC(C)(C)CCCOc1ccc(C#N)c(F)c1. The Labute approximate surface area is 102 Å². The first kappa shape index (κ1) is 13.5. The van der Waals surface area contributed by atoms with E-state index in [0.29, 0.717) is 17.8 Å². The molecule has 92 valence electrons. The molecule has 1 rings (SSSR count). The molecule has 2 nitrogen and oxygen atoms in total. The number of benzene rings is 1. The summed E-state index contributed by atoms with van der Waals surface area (Å²) in [5.74, 6) is -0.0452. The molecule has 0 aliphatic rings. The van der Waals surface area contributed by atoms with Crippen LogP contribution in [0.15, 0.2) is 18.2 Å². The van der Waals surface area contributed by atoms with Gasteiger partial charge in [-0.25, -0.2) is 4.39 Å². The van der Waals surface area contributed by atoms with Gasteiger partial charge in [0.2, 0.25) is 0 Å². The third-order valence-electron chi connectivity index (χ3n) is 2.40. The molecule has 0 N–H and O–H groups in total. The highest BCUT2D eigenvalue weighted by Crippen LogP contribution is 2.21. The van der Waals surface area contributed by atoms with Crippen LogP contribution in [0.2, 0.25) is 0 Å². The van der Waals surface area contributed by atoms with Crippen molar-refractivity contribution in [2.75, 3.05) is 6.61 Å². The largest absolute Gasteiger partial charge is 0.493 e. The summed E-state index contributed by atoms with van der Waals surface area (Å²) in [5, 5.41) is 8.58. The van der Waals surface area contributed by atoms with Gasteiger partial charge < -0.3 is 4.74 Å². The van der Waals surface area contributed by atoms with Crippen LogP contribution in [-0.2, 0) is 0 Å². The summed E-state index contributed by atoms with van der Waals surface area (Å²) in [5.41, 5.74) is 0.339. The van der Waals surface area contributed by atoms with E-state index in [1.807, 2.05) is 0 Å². The van der Waals surface area contributed by atoms with Crippen molar-refractivity contribution in [3.05, 3.63) is 29.6 Å². The first-order valence-corrected chi connectivity index (χ1v) is 5.75. The van der Waals surface area contributed by atoms with Crippen LogP contribution in [0, 0.1) is 22.6 Å². The van der Waals surface area contributed by atoms with Gasteiger partial charge >= 0.3 is 0 Å². The van der Waals surface area contributed by atoms with Crippen LogP contribution in [0.1, 0.15) is 39.2 Å². The number of nitriles is 1. The first-order chi connectivity index (χ1) is 7.92. The maximum absolute atomic E-state index is 13.2. The zero-order valence-corrected chi connectivity index (χ0v) is 10.6. The standard InChI is InChI=1S/C14H18FNO/c1-14(2,3)7-4-8-17-12-6-5-11(10-16)13(15)9-12/h5-6,9H,4,7-8H2,1-3H3. The smallest absolute Gasteiger partial charge is 0.144 e. The van der Waals surface area contributed by atoms with E-state index in [4.69, 9.17) is 10.00 Å². The Balaban J connectivity index is 2.43. The van der Waals surface area contributed by atoms with Crippen molar-refractivity contribution in [1.82, 2.24) is 0 Å². The minimum absolute atomic E-state index is 0.0482. The lowest BCUT2D eigenvalue weighted by Crippen LogP contribution is -2.08. The highest BCUT2D eigenvalue weighted by atomic mass is 19.1. The van der Waals surface area contributed by atoms with Gasteiger partial charge in [-0.3, -0.25) is 0 Å². The Morgan fingerprint density at radius 3 is 2.59 bits per heavy atom. The summed E-state index contributed by atoms with van der Waals surface area (Å²) in [6.45, 7) is 7.10. The van der Waals surface area contributed by atoms with Crippen molar-refractivity contribution >= 4 is 0 Å². The van der Waals surface area contributed by atoms with E-state index in [2.05, 4.69) is 20.8 Å². The quantitative estimate of drug-likeness (QED) is 0.741. The van der Waals surface area contributed by atoms with Crippen LogP contribution in [-0.4, -0.2) is 6.61 Å². The Kier molecular flexibility index (Phi) is 4.51. The lowest BCUT2D eigenvalue weighted by atomic mass is 9.91. The molecule has 0 unspecified atom stereocenters. The topological polar surface area (TPSA) is 33.0 Å². The van der Waals surface area contributed by atoms with Crippen molar-refractivity contribution in [2.24, 2.45) is 5.41 Å². The molecule has 1 aromatic carbocycles. The third-order valence-corrected chi connectivity index (χ3v) is 2.40. The van der Waals surface area contributed by atoms with Crippen molar-refractivity contribution in [3.8, 4) is 11.8 Å². The highest BCUT2D eigenvalue weighted by molar-refractivity contribution is 5.36. The second-order valence-corrected chi connectivity index (χ2v) is 5.27. The van der Waals surface area contributed by atoms with E-state index in [9.17, 15) is 4.39 Å². The lowest BCUT2D eigenvalue weighted by Gasteiger charge is -2.17. The summed E-state index contributed by atoms with van der Waals surface area (Å²) in [7, 11) is 0. The first-order valence-electron chi connectivity index (χ1n) is 5.75. The van der Waals surface area contributed by atoms with Crippen LogP contribution < -0.4 is 4.74 Å². The van der Waals surface area contributed by atoms with Crippen molar-refractivity contribution < 1.29 is 9.13 Å². The molecule has 0 spiro atoms. The van der Waals surface area contributed by atoms with Crippen molar-refractivity contribution in [3.63, 3.8) is 0 Å². The monoisotopic (exact) mass is 235 g/mol. The Morgan fingerprint density at radius 2 is 2.06 bits per heavy atom. The molecule has 0 amide bonds. The molecule has 0 bridgehead atoms. The van der Waals surface area contributed by atoms with Gasteiger partial charge in [0, 0.05) is 6.07 Å². The molecule has 0 saturated carbocycles. The molecule has 0 fully saturated rings. The van der Waals surface area contributed by atoms with Crippen molar-refractivity contribution in [1.29, 1.82) is 5.26 Å². The summed E-state index contributed by atoms with van der Waals surface area (Å²) >= 11 is 0. The lowest BCUT2D eigenvalue weighted by molar-refractivity contribution is 0.268. The van der Waals surface area contributed by atoms with Gasteiger partial charge in [-0.2, -0.15) is 5.26 Å². The molecule has 0 heterocycles. The Morgan fingerprint density at radius 1 is 1.35 bits per heavy atom. The summed E-state index contributed by atoms with van der Waals surface area (Å²) in [6, 6.07) is 6.10. The zero-order chi connectivity index (χ0) is 12.9. The Bertz CT molecular complexity index is 415. The fourth-order valence-electron chi connectivity index (χ4n) is 1.47. The molecule has 0 atom stereocenters. The van der Waals surface area contributed by atoms with Crippen LogP contribution in [0.3, 0.4) is 0 Å². The van der Waals surface area contributed by atoms with Gasteiger partial charge in [-0.15, -0.1) is 0 Å². The fourth-order valence-corrected chi connectivity index (χ4v) is 1.47. The summed E-state index contributed by atoms with van der Waals surface area (Å²) < 4.78 is 18.7. The van der Waals surface area contributed by atoms with Gasteiger partial charge in [0.25, 0.3) is 0 Å². The number of nitrogens with zero attached hydrogens (tertiary/aromatic N) is 1. The maximum atomic E-state index is 13.2. The number of halogens is 1. The third kappa shape index (κ3) is 4.86. The van der Waals surface area contributed by atoms with Crippen molar-refractivity contribution in [2.45, 2.75) is 33.6 Å². The van der Waals surface area contributed by atoms with E-state index in [1.165, 1.54) is 12.1 Å². The fraction of sp³-hybridized carbons (Fsp3) is 0.500. The molecule has 0 radical (unpaired) electrons. The average Bonchev–Trinajstić information content (AvgIpc) is 2.23. The molecule has 3 heteroatoms. The van der Waals surface area contributed by atoms with Crippen LogP contribution in [0.4, 0.5) is 4.39 Å². The van der Waals surface area contributed by atoms with E-state index in [0.717, 1.165) is 12.8 Å². The number of ether oxygens (including phenoxy) is 1. The summed E-state index contributed by atoms with van der Waals surface area (Å²) in [4.78, 5) is 0. The van der Waals surface area contributed by atoms with E-state index < -0.39 is 5.82 Å². The molecule has 1 aromatic rings. The second kappa shape index (κ2) is 5.67. The van der Waals surface area contributed by atoms with Crippen LogP contribution >= 0.6 is 0 Å². The predicted octanol–water partition coefficient (Wildman–Crippen LogP) is 3.90. The highest BCUT2D eigenvalue weighted by Gasteiger charge is 2.09. The predicted molar refractivity (Wildman–Crippen MR) is 65.3 cm³/mol. The van der Waals surface area contributed by atoms with E-state index in [1.54, 1.807) is 12.1 Å². The molecular formula is C14H18FNO. The van der Waals surface area contributed by atoms with Crippen LogP contribution in [0.25, 0.3) is 0 Å². The second-order valence-electron chi connectivity index (χ2n) is 5.27. The number of rotatable bonds is 4. The summed E-state index contributed by atoms with van der Waals surface area (Å²) in [6.07, 6.45) is 2.00. The van der Waals surface area contributed by atoms with Gasteiger partial charge in [-0.1, -0.05) is 20.8 Å². The molecule has 0 aliphatic carbocycles. The van der Waals surface area contributed by atoms with Gasteiger partial charge in [0.1, 0.15) is 17.6 Å². The van der Waals surface area contributed by atoms with Crippen LogP contribution in [0.5, 0.6) is 5.75 Å². The molecule has 17 heavy (non-hydrogen) atoms. The van der Waals surface area contributed by atoms with Gasteiger partial charge in [0.05, 0.1) is 12.2 Å². The number of hydrogen-bond acceptors (Lipinski definition) is 2. The molecule has 0 saturated heterocycles. The van der Waals surface area contributed by atoms with Gasteiger partial charge in [0.15, 0.2) is 0 Å². The zero-order valence-electron chi connectivity index (χ0n) is 10.6. The number of hydrogen-bond donors (Lipinski definition) is 0. The van der Waals surface area contributed by atoms with E-state index in [-0.39, 0.29) is 5.56 Å². The van der Waals surface area contributed by atoms with E-state index >= 15 is 0 Å². The van der Waals surface area contributed by atoms with Gasteiger partial charge in [-0.05, 0) is 30.4 Å². The Hall–Kier alpha value is -1.56. The molecule has 0 aliphatic heterocycles. The minimum atomic E-state index is -0.527. The maximum Gasteiger partial charge on any atom is 0.144 e. The minimum Gasteiger partial charge on any atom is -0.493 e. The molecule has 0 aromatic heterocycles.